The van der Waals surface area contributed by atoms with Gasteiger partial charge in [0.25, 0.3) is 5.91 Å². The summed E-state index contributed by atoms with van der Waals surface area (Å²) < 4.78 is 0. The van der Waals surface area contributed by atoms with Crippen molar-refractivity contribution in [2.75, 3.05) is 5.32 Å². The number of aromatic nitrogens is 1. The second-order valence-electron chi connectivity index (χ2n) is 3.88. The van der Waals surface area contributed by atoms with Crippen LogP contribution in [-0.4, -0.2) is 21.1 Å². The maximum absolute atomic E-state index is 11.9. The van der Waals surface area contributed by atoms with Crippen molar-refractivity contribution < 1.29 is 15.0 Å². The number of phenols is 2. The number of nitrogens with zero attached hydrogens (tertiary/aromatic N) is 1. The Labute approximate surface area is 104 Å². The molecule has 0 spiro atoms. The molecular weight excluding hydrogens is 232 g/mol. The highest BCUT2D eigenvalue weighted by Crippen LogP contribution is 2.21. The van der Waals surface area contributed by atoms with E-state index in [0.29, 0.717) is 5.69 Å². The van der Waals surface area contributed by atoms with Crippen LogP contribution >= 0.6 is 0 Å². The molecule has 5 heteroatoms. The molecule has 0 aliphatic rings. The highest BCUT2D eigenvalue weighted by Gasteiger charge is 2.10. The van der Waals surface area contributed by atoms with Crippen LogP contribution in [0.4, 0.5) is 5.69 Å². The third-order valence-corrected chi connectivity index (χ3v) is 2.45. The fraction of sp³-hybridized carbons (Fsp3) is 0.0769. The van der Waals surface area contributed by atoms with Crippen LogP contribution in [0.25, 0.3) is 0 Å². The van der Waals surface area contributed by atoms with E-state index in [1.165, 1.54) is 18.3 Å². The van der Waals surface area contributed by atoms with Gasteiger partial charge < -0.3 is 15.5 Å². The monoisotopic (exact) mass is 244 g/mol. The van der Waals surface area contributed by atoms with Gasteiger partial charge in [-0.3, -0.25) is 9.78 Å². The molecule has 92 valence electrons. The predicted octanol–water partition coefficient (Wildman–Crippen LogP) is 2.05. The molecule has 0 saturated carbocycles. The molecule has 18 heavy (non-hydrogen) atoms. The highest BCUT2D eigenvalue weighted by atomic mass is 16.3. The van der Waals surface area contributed by atoms with Gasteiger partial charge in [0.2, 0.25) is 0 Å². The van der Waals surface area contributed by atoms with Crippen molar-refractivity contribution in [2.45, 2.75) is 6.92 Å². The van der Waals surface area contributed by atoms with Crippen LogP contribution in [0.3, 0.4) is 0 Å². The lowest BCUT2D eigenvalue weighted by Crippen LogP contribution is -2.12. The minimum atomic E-state index is -0.419. The van der Waals surface area contributed by atoms with Crippen molar-refractivity contribution in [1.29, 1.82) is 0 Å². The van der Waals surface area contributed by atoms with Gasteiger partial charge in [-0.2, -0.15) is 0 Å². The van der Waals surface area contributed by atoms with E-state index in [4.69, 9.17) is 0 Å². The Balaban J connectivity index is 2.25. The van der Waals surface area contributed by atoms with Crippen LogP contribution in [-0.2, 0) is 0 Å². The average Bonchev–Trinajstić information content (AvgIpc) is 2.31. The fourth-order valence-electron chi connectivity index (χ4n) is 1.52. The van der Waals surface area contributed by atoms with Crippen molar-refractivity contribution in [3.8, 4) is 11.5 Å². The van der Waals surface area contributed by atoms with E-state index in [-0.39, 0.29) is 17.1 Å². The van der Waals surface area contributed by atoms with Gasteiger partial charge in [0.15, 0.2) is 0 Å². The van der Waals surface area contributed by atoms with Gasteiger partial charge in [0.05, 0.1) is 11.9 Å². The Morgan fingerprint density at radius 1 is 1.22 bits per heavy atom. The van der Waals surface area contributed by atoms with Gasteiger partial charge in [-0.15, -0.1) is 0 Å². The molecule has 0 radical (unpaired) electrons. The zero-order valence-electron chi connectivity index (χ0n) is 9.71. The fourth-order valence-corrected chi connectivity index (χ4v) is 1.52. The molecule has 1 amide bonds. The normalized spacial score (nSPS) is 10.1. The number of anilines is 1. The minimum Gasteiger partial charge on any atom is -0.508 e. The number of rotatable bonds is 2. The molecule has 0 aliphatic carbocycles. The zero-order chi connectivity index (χ0) is 13.1. The number of hydrogen-bond acceptors (Lipinski definition) is 4. The van der Waals surface area contributed by atoms with Crippen LogP contribution in [0.5, 0.6) is 11.5 Å². The van der Waals surface area contributed by atoms with Crippen molar-refractivity contribution in [3.63, 3.8) is 0 Å². The maximum atomic E-state index is 11.9. The van der Waals surface area contributed by atoms with E-state index in [1.54, 1.807) is 12.3 Å². The number of aromatic hydroxyl groups is 2. The molecule has 2 aromatic rings. The molecule has 1 aromatic carbocycles. The third-order valence-electron chi connectivity index (χ3n) is 2.45. The first kappa shape index (κ1) is 11.9. The molecule has 0 bridgehead atoms. The lowest BCUT2D eigenvalue weighted by atomic mass is 10.1. The molecule has 0 saturated heterocycles. The standard InChI is InChI=1S/C13H12N2O3/c1-8-2-3-14-7-12(8)15-13(18)9-4-10(16)6-11(17)5-9/h2-7,16-17H,1H3,(H,15,18). The Kier molecular flexibility index (Phi) is 3.14. The van der Waals surface area contributed by atoms with Gasteiger partial charge >= 0.3 is 0 Å². The van der Waals surface area contributed by atoms with Crippen molar-refractivity contribution >= 4 is 11.6 Å². The van der Waals surface area contributed by atoms with Crippen molar-refractivity contribution in [3.05, 3.63) is 47.8 Å². The van der Waals surface area contributed by atoms with Crippen LogP contribution < -0.4 is 5.32 Å². The minimum absolute atomic E-state index is 0.164. The van der Waals surface area contributed by atoms with Crippen molar-refractivity contribution in [2.24, 2.45) is 0 Å². The third kappa shape index (κ3) is 2.57. The second kappa shape index (κ2) is 4.75. The SMILES string of the molecule is Cc1ccncc1NC(=O)c1cc(O)cc(O)c1. The number of carbonyl (C=O) groups is 1. The molecule has 2 rings (SSSR count). The molecule has 0 aliphatic heterocycles. The number of pyridine rings is 1. The van der Waals surface area contributed by atoms with E-state index >= 15 is 0 Å². The molecule has 0 atom stereocenters. The number of carbonyl (C=O) groups excluding carboxylic acids is 1. The Bertz CT molecular complexity index is 576. The average molecular weight is 244 g/mol. The van der Waals surface area contributed by atoms with Crippen molar-refractivity contribution in [1.82, 2.24) is 4.98 Å². The van der Waals surface area contributed by atoms with Gasteiger partial charge in [0, 0.05) is 17.8 Å². The number of nitrogens with one attached hydrogen (secondary N) is 1. The molecule has 1 heterocycles. The summed E-state index contributed by atoms with van der Waals surface area (Å²) in [6.45, 7) is 1.84. The molecule has 5 nitrogen and oxygen atoms in total. The number of hydrogen-bond donors (Lipinski definition) is 3. The van der Waals surface area contributed by atoms with E-state index in [2.05, 4.69) is 10.3 Å². The largest absolute Gasteiger partial charge is 0.508 e. The number of amides is 1. The van der Waals surface area contributed by atoms with Crippen LogP contribution in [0.15, 0.2) is 36.7 Å². The summed E-state index contributed by atoms with van der Waals surface area (Å²) in [6, 6.07) is 5.49. The molecule has 0 fully saturated rings. The quantitative estimate of drug-likeness (QED) is 0.755. The Morgan fingerprint density at radius 2 is 1.89 bits per heavy atom. The van der Waals surface area contributed by atoms with Crippen LogP contribution in [0.2, 0.25) is 0 Å². The van der Waals surface area contributed by atoms with Gasteiger partial charge in [-0.05, 0) is 30.7 Å². The van der Waals surface area contributed by atoms with E-state index in [9.17, 15) is 15.0 Å². The van der Waals surface area contributed by atoms with Crippen LogP contribution in [0.1, 0.15) is 15.9 Å². The molecule has 3 N–H and O–H groups in total. The summed E-state index contributed by atoms with van der Waals surface area (Å²) in [7, 11) is 0. The molecule has 1 aromatic heterocycles. The smallest absolute Gasteiger partial charge is 0.255 e. The number of benzene rings is 1. The summed E-state index contributed by atoms with van der Waals surface area (Å²) in [5.41, 5.74) is 1.64. The summed E-state index contributed by atoms with van der Waals surface area (Å²) in [6.07, 6.45) is 3.17. The summed E-state index contributed by atoms with van der Waals surface area (Å²) in [5.74, 6) is -0.747. The lowest BCUT2D eigenvalue weighted by molar-refractivity contribution is 0.102. The van der Waals surface area contributed by atoms with Gasteiger partial charge in [0.1, 0.15) is 11.5 Å². The van der Waals surface area contributed by atoms with Gasteiger partial charge in [-0.25, -0.2) is 0 Å². The number of aryl methyl sites for hydroxylation is 1. The Hall–Kier alpha value is -2.56. The first-order valence-corrected chi connectivity index (χ1v) is 5.31. The molecular formula is C13H12N2O3. The number of phenolic OH excluding ortho intramolecular Hbond substituents is 2. The summed E-state index contributed by atoms with van der Waals surface area (Å²) in [5, 5.41) is 21.3. The molecule has 0 unspecified atom stereocenters. The Morgan fingerprint density at radius 3 is 2.50 bits per heavy atom. The van der Waals surface area contributed by atoms with Crippen LogP contribution in [0, 0.1) is 6.92 Å². The van der Waals surface area contributed by atoms with E-state index in [0.717, 1.165) is 11.6 Å². The summed E-state index contributed by atoms with van der Waals surface area (Å²) >= 11 is 0. The van der Waals surface area contributed by atoms with E-state index in [1.807, 2.05) is 6.92 Å². The first-order valence-electron chi connectivity index (χ1n) is 5.31. The summed E-state index contributed by atoms with van der Waals surface area (Å²) in [4.78, 5) is 15.8. The maximum Gasteiger partial charge on any atom is 0.255 e. The van der Waals surface area contributed by atoms with Gasteiger partial charge in [-0.1, -0.05) is 0 Å². The predicted molar refractivity (Wildman–Crippen MR) is 66.7 cm³/mol. The lowest BCUT2D eigenvalue weighted by Gasteiger charge is -2.08. The first-order chi connectivity index (χ1) is 8.56. The highest BCUT2D eigenvalue weighted by molar-refractivity contribution is 6.05. The zero-order valence-corrected chi connectivity index (χ0v) is 9.71. The van der Waals surface area contributed by atoms with E-state index < -0.39 is 5.91 Å². The topological polar surface area (TPSA) is 82.5 Å². The second-order valence-corrected chi connectivity index (χ2v) is 3.88.